The molecule has 1 aliphatic carbocycles. The normalized spacial score (nSPS) is 19.3. The second kappa shape index (κ2) is 8.29. The lowest BCUT2D eigenvalue weighted by Crippen LogP contribution is -2.49. The lowest BCUT2D eigenvalue weighted by molar-refractivity contribution is -0.151. The number of nitrogens with zero attached hydrogens (tertiary/aromatic N) is 4. The molecular formula is C19H22N4O5S. The van der Waals surface area contributed by atoms with Crippen molar-refractivity contribution in [3.8, 4) is 6.07 Å². The molecule has 0 aromatic carbocycles. The number of hydrogen-bond donors (Lipinski definition) is 0. The first kappa shape index (κ1) is 20.9. The largest absolute Gasteiger partial charge is 0.456 e. The molecule has 2 fully saturated rings. The highest BCUT2D eigenvalue weighted by molar-refractivity contribution is 7.09. The fraction of sp³-hybridized carbons (Fsp3) is 0.579. The first-order valence-corrected chi connectivity index (χ1v) is 10.3. The van der Waals surface area contributed by atoms with Gasteiger partial charge in [0.15, 0.2) is 18.3 Å². The fourth-order valence-corrected chi connectivity index (χ4v) is 4.71. The molecule has 0 bridgehead atoms. The van der Waals surface area contributed by atoms with Crippen molar-refractivity contribution in [3.63, 3.8) is 0 Å². The Balaban J connectivity index is 1.59. The Bertz CT molecular complexity index is 883. The minimum absolute atomic E-state index is 0.344. The van der Waals surface area contributed by atoms with Crippen LogP contribution < -0.4 is 0 Å². The lowest BCUT2D eigenvalue weighted by Gasteiger charge is -2.35. The number of carbonyl (C=O) groups is 4. The molecule has 2 heterocycles. The van der Waals surface area contributed by atoms with Crippen LogP contribution in [0.1, 0.15) is 48.7 Å². The second-order valence-corrected chi connectivity index (χ2v) is 8.23. The van der Waals surface area contributed by atoms with E-state index >= 15 is 0 Å². The van der Waals surface area contributed by atoms with E-state index in [1.54, 1.807) is 19.4 Å². The van der Waals surface area contributed by atoms with Gasteiger partial charge in [-0.15, -0.1) is 11.3 Å². The number of urea groups is 1. The Hall–Kier alpha value is -2.80. The summed E-state index contributed by atoms with van der Waals surface area (Å²) in [5.41, 5.74) is -0.179. The molecule has 10 heteroatoms. The molecule has 9 nitrogen and oxygen atoms in total. The summed E-state index contributed by atoms with van der Waals surface area (Å²) in [7, 11) is 1.58. The summed E-state index contributed by atoms with van der Waals surface area (Å²) in [5.74, 6) is -2.97. The van der Waals surface area contributed by atoms with E-state index in [1.165, 1.54) is 16.2 Å². The van der Waals surface area contributed by atoms with Crippen LogP contribution in [-0.2, 0) is 19.1 Å². The van der Waals surface area contributed by atoms with Gasteiger partial charge in [0, 0.05) is 18.1 Å². The summed E-state index contributed by atoms with van der Waals surface area (Å²) in [6.07, 6.45) is 3.87. The number of aryl methyl sites for hydroxylation is 1. The number of Topliss-reactive ketones (excluding diaryl/α,β-unsaturated/α-hetero) is 1. The van der Waals surface area contributed by atoms with Crippen molar-refractivity contribution >= 4 is 35.0 Å². The van der Waals surface area contributed by atoms with Crippen LogP contribution in [0.5, 0.6) is 0 Å². The summed E-state index contributed by atoms with van der Waals surface area (Å²) in [4.78, 5) is 56.3. The number of ether oxygens (including phenoxy) is 1. The monoisotopic (exact) mass is 418 g/mol. The van der Waals surface area contributed by atoms with Gasteiger partial charge < -0.3 is 9.64 Å². The van der Waals surface area contributed by atoms with Gasteiger partial charge in [0.25, 0.3) is 5.91 Å². The molecule has 1 aliphatic heterocycles. The third kappa shape index (κ3) is 3.87. The van der Waals surface area contributed by atoms with Crippen molar-refractivity contribution in [1.82, 2.24) is 14.8 Å². The van der Waals surface area contributed by atoms with Gasteiger partial charge in [-0.25, -0.2) is 9.78 Å². The van der Waals surface area contributed by atoms with Gasteiger partial charge in [-0.2, -0.15) is 5.26 Å². The van der Waals surface area contributed by atoms with Crippen LogP contribution in [0.4, 0.5) is 4.79 Å². The molecule has 1 saturated heterocycles. The zero-order valence-electron chi connectivity index (χ0n) is 16.3. The van der Waals surface area contributed by atoms with Crippen molar-refractivity contribution in [2.24, 2.45) is 0 Å². The first-order chi connectivity index (χ1) is 13.8. The average Bonchev–Trinajstić information content (AvgIpc) is 3.21. The molecule has 1 spiro atoms. The van der Waals surface area contributed by atoms with Crippen LogP contribution in [0.15, 0.2) is 5.38 Å². The minimum atomic E-state index is -1.12. The van der Waals surface area contributed by atoms with Gasteiger partial charge in [0.2, 0.25) is 0 Å². The summed E-state index contributed by atoms with van der Waals surface area (Å²) in [5, 5.41) is 11.3. The van der Waals surface area contributed by atoms with E-state index in [0.29, 0.717) is 23.5 Å². The molecule has 1 saturated carbocycles. The molecule has 154 valence electrons. The summed E-state index contributed by atoms with van der Waals surface area (Å²) in [6, 6.07) is 1.33. The van der Waals surface area contributed by atoms with E-state index in [9.17, 15) is 24.4 Å². The Morgan fingerprint density at radius 1 is 1.34 bits per heavy atom. The number of nitriles is 1. The van der Waals surface area contributed by atoms with Crippen LogP contribution in [0.2, 0.25) is 0 Å². The zero-order chi connectivity index (χ0) is 21.2. The lowest BCUT2D eigenvalue weighted by atomic mass is 9.81. The van der Waals surface area contributed by atoms with E-state index in [2.05, 4.69) is 4.98 Å². The Labute approximate surface area is 172 Å². The molecule has 0 radical (unpaired) electrons. The number of carbonyl (C=O) groups excluding carboxylic acids is 4. The van der Waals surface area contributed by atoms with Crippen molar-refractivity contribution < 1.29 is 23.9 Å². The van der Waals surface area contributed by atoms with E-state index in [1.807, 2.05) is 6.07 Å². The van der Waals surface area contributed by atoms with Gasteiger partial charge in [0.05, 0.1) is 6.07 Å². The smallest absolute Gasteiger partial charge is 0.327 e. The van der Waals surface area contributed by atoms with Gasteiger partial charge in [-0.1, -0.05) is 19.3 Å². The van der Waals surface area contributed by atoms with Crippen molar-refractivity contribution in [3.05, 3.63) is 16.1 Å². The molecule has 1 atom stereocenters. The number of amides is 3. The molecule has 1 aromatic rings. The van der Waals surface area contributed by atoms with Crippen LogP contribution in [0, 0.1) is 18.3 Å². The van der Waals surface area contributed by atoms with Crippen LogP contribution in [-0.4, -0.2) is 64.2 Å². The van der Waals surface area contributed by atoms with Gasteiger partial charge in [-0.3, -0.25) is 19.3 Å². The third-order valence-corrected chi connectivity index (χ3v) is 6.51. The fourth-order valence-electron chi connectivity index (χ4n) is 3.85. The molecule has 3 amide bonds. The Morgan fingerprint density at radius 2 is 2.03 bits per heavy atom. The van der Waals surface area contributed by atoms with Crippen LogP contribution in [0.3, 0.4) is 0 Å². The number of likely N-dealkylation sites (N-methyl/N-ethyl adjacent to an activating group) is 1. The SMILES string of the molecule is Cc1csc([C@@H](C#N)C(=O)COC(=O)CN2C(=O)N(C)C3(CCCCC3)C2=O)n1. The van der Waals surface area contributed by atoms with E-state index in [0.717, 1.165) is 24.2 Å². The number of aromatic nitrogens is 1. The summed E-state index contributed by atoms with van der Waals surface area (Å²) >= 11 is 1.19. The zero-order valence-corrected chi connectivity index (χ0v) is 17.2. The van der Waals surface area contributed by atoms with Crippen molar-refractivity contribution in [1.29, 1.82) is 5.26 Å². The number of esters is 1. The predicted octanol–water partition coefficient (Wildman–Crippen LogP) is 1.77. The molecule has 1 aromatic heterocycles. The highest BCUT2D eigenvalue weighted by Gasteiger charge is 2.56. The predicted molar refractivity (Wildman–Crippen MR) is 102 cm³/mol. The minimum Gasteiger partial charge on any atom is -0.456 e. The number of hydrogen-bond acceptors (Lipinski definition) is 8. The molecule has 29 heavy (non-hydrogen) atoms. The maximum Gasteiger partial charge on any atom is 0.327 e. The molecule has 3 rings (SSSR count). The van der Waals surface area contributed by atoms with Crippen LogP contribution >= 0.6 is 11.3 Å². The summed E-state index contributed by atoms with van der Waals surface area (Å²) < 4.78 is 4.96. The highest BCUT2D eigenvalue weighted by Crippen LogP contribution is 2.39. The van der Waals surface area contributed by atoms with E-state index in [-0.39, 0.29) is 5.91 Å². The highest BCUT2D eigenvalue weighted by atomic mass is 32.1. The number of ketones is 1. The first-order valence-electron chi connectivity index (χ1n) is 9.40. The quantitative estimate of drug-likeness (QED) is 0.510. The number of thiazole rings is 1. The topological polar surface area (TPSA) is 121 Å². The van der Waals surface area contributed by atoms with Gasteiger partial charge in [-0.05, 0) is 19.8 Å². The average molecular weight is 418 g/mol. The Kier molecular flexibility index (Phi) is 5.98. The second-order valence-electron chi connectivity index (χ2n) is 7.34. The molecule has 0 N–H and O–H groups in total. The van der Waals surface area contributed by atoms with E-state index in [4.69, 9.17) is 4.74 Å². The third-order valence-electron chi connectivity index (χ3n) is 5.48. The molecule has 2 aliphatic rings. The van der Waals surface area contributed by atoms with Crippen molar-refractivity contribution in [2.45, 2.75) is 50.5 Å². The summed E-state index contributed by atoms with van der Waals surface area (Å²) in [6.45, 7) is 0.580. The molecular weight excluding hydrogens is 396 g/mol. The van der Waals surface area contributed by atoms with Crippen LogP contribution in [0.25, 0.3) is 0 Å². The standard InChI is InChI=1S/C19H22N4O5S/c1-12-11-29-16(21-12)13(8-20)14(24)10-28-15(25)9-23-17(26)19(22(2)18(23)27)6-4-3-5-7-19/h11,13H,3-7,9-10H2,1-2H3/t13-/m0/s1. The Morgan fingerprint density at radius 3 is 2.62 bits per heavy atom. The van der Waals surface area contributed by atoms with E-state index < -0.39 is 42.4 Å². The molecule has 0 unspecified atom stereocenters. The number of rotatable bonds is 6. The number of imide groups is 1. The van der Waals surface area contributed by atoms with Crippen molar-refractivity contribution in [2.75, 3.05) is 20.2 Å². The maximum atomic E-state index is 12.9. The van der Waals surface area contributed by atoms with Gasteiger partial charge >= 0.3 is 12.0 Å². The maximum absolute atomic E-state index is 12.9. The van der Waals surface area contributed by atoms with Gasteiger partial charge in [0.1, 0.15) is 17.1 Å².